The third-order valence-electron chi connectivity index (χ3n) is 4.05. The molecule has 1 atom stereocenters. The van der Waals surface area contributed by atoms with E-state index in [2.05, 4.69) is 15.6 Å². The Morgan fingerprint density at radius 3 is 2.48 bits per heavy atom. The Bertz CT molecular complexity index is 831. The maximum absolute atomic E-state index is 12.6. The summed E-state index contributed by atoms with van der Waals surface area (Å²) in [5.41, 5.74) is 0.212. The lowest BCUT2D eigenvalue weighted by molar-refractivity contribution is 0.0485. The van der Waals surface area contributed by atoms with Gasteiger partial charge in [0.05, 0.1) is 6.20 Å². The van der Waals surface area contributed by atoms with Crippen LogP contribution in [0, 0.1) is 0 Å². The number of hydrogen-bond donors (Lipinski definition) is 2. The highest BCUT2D eigenvalue weighted by Gasteiger charge is 2.27. The van der Waals surface area contributed by atoms with Gasteiger partial charge < -0.3 is 24.5 Å². The van der Waals surface area contributed by atoms with Crippen molar-refractivity contribution in [1.29, 1.82) is 0 Å². The van der Waals surface area contributed by atoms with Gasteiger partial charge in [-0.15, -0.1) is 0 Å². The number of nitrogens with zero attached hydrogens (tertiary/aromatic N) is 1. The monoisotopic (exact) mass is 431 g/mol. The molecule has 0 aliphatic heterocycles. The topological polar surface area (TPSA) is 120 Å². The summed E-state index contributed by atoms with van der Waals surface area (Å²) >= 11 is 0. The van der Waals surface area contributed by atoms with Crippen LogP contribution in [0.3, 0.4) is 0 Å². The summed E-state index contributed by atoms with van der Waals surface area (Å²) in [6.07, 6.45) is 2.94. The van der Waals surface area contributed by atoms with Crippen LogP contribution in [-0.4, -0.2) is 41.1 Å². The highest BCUT2D eigenvalue weighted by Crippen LogP contribution is 2.11. The van der Waals surface area contributed by atoms with E-state index in [1.807, 2.05) is 30.3 Å². The molecule has 168 valence electrons. The molecule has 0 spiro atoms. The molecule has 2 rings (SSSR count). The molecule has 9 nitrogen and oxygen atoms in total. The molecule has 0 aliphatic carbocycles. The van der Waals surface area contributed by atoms with Crippen molar-refractivity contribution in [3.05, 3.63) is 54.2 Å². The number of unbranched alkanes of at least 4 members (excludes halogenated alkanes) is 1. The highest BCUT2D eigenvalue weighted by molar-refractivity contribution is 5.97. The molecule has 1 aromatic heterocycles. The van der Waals surface area contributed by atoms with Crippen LogP contribution in [0.15, 0.2) is 47.2 Å². The van der Waals surface area contributed by atoms with E-state index in [1.165, 1.54) is 12.5 Å². The minimum absolute atomic E-state index is 0.0799. The number of rotatable bonds is 10. The molecular formula is C22H29N3O6. The van der Waals surface area contributed by atoms with Crippen molar-refractivity contribution in [2.75, 3.05) is 6.54 Å². The predicted octanol–water partition coefficient (Wildman–Crippen LogP) is 3.85. The average Bonchev–Trinajstić information content (AvgIpc) is 3.25. The average molecular weight is 431 g/mol. The van der Waals surface area contributed by atoms with Gasteiger partial charge in [0, 0.05) is 6.54 Å². The third kappa shape index (κ3) is 9.33. The molecule has 1 aromatic carbocycles. The first-order valence-corrected chi connectivity index (χ1v) is 10.1. The normalized spacial score (nSPS) is 12.0. The van der Waals surface area contributed by atoms with E-state index in [1.54, 1.807) is 20.8 Å². The van der Waals surface area contributed by atoms with Gasteiger partial charge >= 0.3 is 12.2 Å². The van der Waals surface area contributed by atoms with Gasteiger partial charge in [0.25, 0.3) is 5.89 Å². The molecule has 0 saturated carbocycles. The smallest absolute Gasteiger partial charge is 0.408 e. The highest BCUT2D eigenvalue weighted by atomic mass is 16.6. The van der Waals surface area contributed by atoms with Crippen molar-refractivity contribution in [2.24, 2.45) is 0 Å². The van der Waals surface area contributed by atoms with Crippen LogP contribution in [0.25, 0.3) is 0 Å². The van der Waals surface area contributed by atoms with E-state index >= 15 is 0 Å². The number of benzene rings is 1. The van der Waals surface area contributed by atoms with Crippen LogP contribution < -0.4 is 10.6 Å². The van der Waals surface area contributed by atoms with Crippen molar-refractivity contribution in [3.63, 3.8) is 0 Å². The fraction of sp³-hybridized carbons (Fsp3) is 0.455. The summed E-state index contributed by atoms with van der Waals surface area (Å²) in [4.78, 5) is 40.3. The van der Waals surface area contributed by atoms with E-state index < -0.39 is 29.6 Å². The SMILES string of the molecule is CC(C)(C)OC(=O)N[C@@H](CCCCNC(=O)OCc1ccccc1)C(=O)c1ncco1. The summed E-state index contributed by atoms with van der Waals surface area (Å²) in [5, 5.41) is 5.24. The minimum Gasteiger partial charge on any atom is -0.445 e. The van der Waals surface area contributed by atoms with Crippen molar-refractivity contribution in [2.45, 2.75) is 58.3 Å². The number of amides is 2. The van der Waals surface area contributed by atoms with Crippen molar-refractivity contribution in [3.8, 4) is 0 Å². The lowest BCUT2D eigenvalue weighted by atomic mass is 10.1. The van der Waals surface area contributed by atoms with Crippen molar-refractivity contribution in [1.82, 2.24) is 15.6 Å². The van der Waals surface area contributed by atoms with Crippen LogP contribution in [-0.2, 0) is 16.1 Å². The van der Waals surface area contributed by atoms with Gasteiger partial charge in [-0.2, -0.15) is 0 Å². The third-order valence-corrected chi connectivity index (χ3v) is 4.05. The molecule has 0 unspecified atom stereocenters. The van der Waals surface area contributed by atoms with Crippen LogP contribution in [0.2, 0.25) is 0 Å². The number of nitrogens with one attached hydrogen (secondary N) is 2. The van der Waals surface area contributed by atoms with E-state index in [0.717, 1.165) is 5.56 Å². The Balaban J connectivity index is 1.75. The molecule has 2 N–H and O–H groups in total. The molecule has 0 bridgehead atoms. The number of carbonyl (C=O) groups excluding carboxylic acids is 3. The number of ketones is 1. The molecule has 2 aromatic rings. The largest absolute Gasteiger partial charge is 0.445 e. The first kappa shape index (κ1) is 23.9. The molecule has 0 aliphatic rings. The number of alkyl carbamates (subject to hydrolysis) is 2. The lowest BCUT2D eigenvalue weighted by Gasteiger charge is -2.22. The van der Waals surface area contributed by atoms with Gasteiger partial charge in [-0.05, 0) is 45.6 Å². The Morgan fingerprint density at radius 2 is 1.84 bits per heavy atom. The Labute approximate surface area is 181 Å². The van der Waals surface area contributed by atoms with Crippen LogP contribution >= 0.6 is 0 Å². The van der Waals surface area contributed by atoms with E-state index in [0.29, 0.717) is 25.8 Å². The zero-order chi connectivity index (χ0) is 22.7. The maximum Gasteiger partial charge on any atom is 0.408 e. The Morgan fingerprint density at radius 1 is 1.10 bits per heavy atom. The minimum atomic E-state index is -0.849. The lowest BCUT2D eigenvalue weighted by Crippen LogP contribution is -2.43. The van der Waals surface area contributed by atoms with Crippen molar-refractivity contribution < 1.29 is 28.3 Å². The molecule has 31 heavy (non-hydrogen) atoms. The van der Waals surface area contributed by atoms with Crippen LogP contribution in [0.4, 0.5) is 9.59 Å². The number of hydrogen-bond acceptors (Lipinski definition) is 7. The number of aromatic nitrogens is 1. The number of carbonyl (C=O) groups is 3. The quantitative estimate of drug-likeness (QED) is 0.433. The fourth-order valence-electron chi connectivity index (χ4n) is 2.65. The molecule has 0 fully saturated rings. The molecule has 2 amide bonds. The summed E-state index contributed by atoms with van der Waals surface area (Å²) in [7, 11) is 0. The first-order chi connectivity index (χ1) is 14.7. The summed E-state index contributed by atoms with van der Waals surface area (Å²) in [5.74, 6) is -0.519. The molecule has 0 saturated heterocycles. The summed E-state index contributed by atoms with van der Waals surface area (Å²) in [6, 6.07) is 8.53. The first-order valence-electron chi connectivity index (χ1n) is 10.1. The van der Waals surface area contributed by atoms with Crippen LogP contribution in [0.5, 0.6) is 0 Å². The predicted molar refractivity (Wildman–Crippen MR) is 112 cm³/mol. The van der Waals surface area contributed by atoms with Gasteiger partial charge in [-0.25, -0.2) is 14.6 Å². The maximum atomic E-state index is 12.6. The summed E-state index contributed by atoms with van der Waals surface area (Å²) < 4.78 is 15.4. The molecule has 1 heterocycles. The van der Waals surface area contributed by atoms with Gasteiger partial charge in [-0.3, -0.25) is 4.79 Å². The van der Waals surface area contributed by atoms with Crippen molar-refractivity contribution >= 4 is 18.0 Å². The molecule has 0 radical (unpaired) electrons. The van der Waals surface area contributed by atoms with E-state index in [-0.39, 0.29) is 12.5 Å². The second-order valence-electron chi connectivity index (χ2n) is 7.88. The number of ether oxygens (including phenoxy) is 2. The van der Waals surface area contributed by atoms with Gasteiger partial charge in [0.1, 0.15) is 24.5 Å². The van der Waals surface area contributed by atoms with Gasteiger partial charge in [0.15, 0.2) is 0 Å². The van der Waals surface area contributed by atoms with Gasteiger partial charge in [-0.1, -0.05) is 30.3 Å². The van der Waals surface area contributed by atoms with Crippen LogP contribution in [0.1, 0.15) is 56.3 Å². The Hall–Kier alpha value is -3.36. The second-order valence-corrected chi connectivity index (χ2v) is 7.88. The fourth-order valence-corrected chi connectivity index (χ4v) is 2.65. The second kappa shape index (κ2) is 11.7. The standard InChI is InChI=1S/C22H29N3O6/c1-22(2,3)31-21(28)25-17(18(26)19-23-13-14-29-19)11-7-8-12-24-20(27)30-15-16-9-5-4-6-10-16/h4-6,9-10,13-14,17H,7-8,11-12,15H2,1-3H3,(H,24,27)(H,25,28)/t17-/m0/s1. The number of oxazole rings is 1. The molecular weight excluding hydrogens is 402 g/mol. The number of Topliss-reactive ketones (excluding diaryl/α,β-unsaturated/α-hetero) is 1. The van der Waals surface area contributed by atoms with Gasteiger partial charge in [0.2, 0.25) is 5.78 Å². The zero-order valence-electron chi connectivity index (χ0n) is 18.1. The molecule has 9 heteroatoms. The Kier molecular flexibility index (Phi) is 9.05. The van der Waals surface area contributed by atoms with E-state index in [9.17, 15) is 14.4 Å². The zero-order valence-corrected chi connectivity index (χ0v) is 18.1. The van der Waals surface area contributed by atoms with E-state index in [4.69, 9.17) is 13.9 Å². The summed E-state index contributed by atoms with van der Waals surface area (Å²) in [6.45, 7) is 5.78.